The Labute approximate surface area is 199 Å². The van der Waals surface area contributed by atoms with E-state index in [1.165, 1.54) is 0 Å². The SMILES string of the molecule is C[C@H](Nc1ncnc2cc(-c3nnc4n3CCCC4)c(Cl)cc12)c1nc2cc(Cl)ccc2[nH]1. The number of aromatic amines is 1. The first-order valence-electron chi connectivity index (χ1n) is 10.9. The van der Waals surface area contributed by atoms with E-state index in [2.05, 4.69) is 40.0 Å². The molecule has 1 aliphatic heterocycles. The summed E-state index contributed by atoms with van der Waals surface area (Å²) >= 11 is 12.8. The molecule has 1 atom stereocenters. The molecule has 3 aromatic heterocycles. The number of rotatable bonds is 4. The number of hydrogen-bond donors (Lipinski definition) is 2. The Morgan fingerprint density at radius 2 is 1.97 bits per heavy atom. The summed E-state index contributed by atoms with van der Waals surface area (Å²) in [5.74, 6) is 3.27. The van der Waals surface area contributed by atoms with E-state index in [0.29, 0.717) is 15.9 Å². The van der Waals surface area contributed by atoms with Gasteiger partial charge in [0.05, 0.1) is 27.6 Å². The number of imidazole rings is 1. The van der Waals surface area contributed by atoms with E-state index in [1.807, 2.05) is 37.3 Å². The van der Waals surface area contributed by atoms with Gasteiger partial charge in [-0.25, -0.2) is 15.0 Å². The predicted octanol–water partition coefficient (Wildman–Crippen LogP) is 5.58. The number of nitrogens with zero attached hydrogens (tertiary/aromatic N) is 6. The third-order valence-electron chi connectivity index (χ3n) is 6.05. The van der Waals surface area contributed by atoms with Crippen molar-refractivity contribution in [3.05, 3.63) is 58.4 Å². The summed E-state index contributed by atoms with van der Waals surface area (Å²) in [6.07, 6.45) is 4.75. The zero-order valence-corrected chi connectivity index (χ0v) is 19.3. The van der Waals surface area contributed by atoms with Crippen molar-refractivity contribution in [1.29, 1.82) is 0 Å². The molecule has 8 nitrogen and oxygen atoms in total. The van der Waals surface area contributed by atoms with Crippen LogP contribution in [0.3, 0.4) is 0 Å². The molecule has 2 N–H and O–H groups in total. The molecule has 2 aromatic carbocycles. The molecule has 0 unspecified atom stereocenters. The summed E-state index contributed by atoms with van der Waals surface area (Å²) in [7, 11) is 0. The van der Waals surface area contributed by atoms with Gasteiger partial charge in [-0.1, -0.05) is 23.2 Å². The van der Waals surface area contributed by atoms with Crippen molar-refractivity contribution < 1.29 is 0 Å². The summed E-state index contributed by atoms with van der Waals surface area (Å²) in [5.41, 5.74) is 3.36. The summed E-state index contributed by atoms with van der Waals surface area (Å²) in [4.78, 5) is 17.0. The second-order valence-electron chi connectivity index (χ2n) is 8.27. The highest BCUT2D eigenvalue weighted by Gasteiger charge is 2.21. The minimum absolute atomic E-state index is 0.128. The van der Waals surface area contributed by atoms with Crippen LogP contribution in [0.15, 0.2) is 36.7 Å². The molecular weight excluding hydrogens is 459 g/mol. The molecule has 0 amide bonds. The summed E-state index contributed by atoms with van der Waals surface area (Å²) in [6.45, 7) is 2.93. The fraction of sp³-hybridized carbons (Fsp3) is 0.261. The summed E-state index contributed by atoms with van der Waals surface area (Å²) in [5, 5.41) is 14.3. The lowest BCUT2D eigenvalue weighted by molar-refractivity contribution is 0.526. The second-order valence-corrected chi connectivity index (χ2v) is 9.11. The standard InChI is InChI=1S/C23H20Cl2N8/c1-12(21-29-17-6-5-13(24)8-19(17)30-21)28-22-15-9-16(25)14(10-18(15)26-11-27-22)23-32-31-20-4-2-3-7-33(20)23/h5-6,8-12H,2-4,7H2,1H3,(H,29,30)(H,26,27,28)/t12-/m0/s1. The fourth-order valence-electron chi connectivity index (χ4n) is 4.35. The highest BCUT2D eigenvalue weighted by Crippen LogP contribution is 2.34. The third-order valence-corrected chi connectivity index (χ3v) is 6.60. The fourth-order valence-corrected chi connectivity index (χ4v) is 4.76. The van der Waals surface area contributed by atoms with Crippen LogP contribution in [0.4, 0.5) is 5.82 Å². The first-order chi connectivity index (χ1) is 16.1. The number of nitrogens with one attached hydrogen (secondary N) is 2. The van der Waals surface area contributed by atoms with Crippen molar-refractivity contribution in [2.45, 2.75) is 38.8 Å². The van der Waals surface area contributed by atoms with Gasteiger partial charge in [-0.05, 0) is 50.1 Å². The van der Waals surface area contributed by atoms with Gasteiger partial charge in [0, 0.05) is 28.9 Å². The zero-order chi connectivity index (χ0) is 22.5. The quantitative estimate of drug-likeness (QED) is 0.349. The molecule has 166 valence electrons. The Morgan fingerprint density at radius 3 is 2.88 bits per heavy atom. The first-order valence-corrected chi connectivity index (χ1v) is 11.6. The van der Waals surface area contributed by atoms with Gasteiger partial charge in [0.15, 0.2) is 5.82 Å². The van der Waals surface area contributed by atoms with Crippen molar-refractivity contribution in [2.75, 3.05) is 5.32 Å². The molecule has 1 aliphatic rings. The van der Waals surface area contributed by atoms with Gasteiger partial charge in [0.2, 0.25) is 0 Å². The molecule has 10 heteroatoms. The maximum atomic E-state index is 6.74. The van der Waals surface area contributed by atoms with Gasteiger partial charge < -0.3 is 14.9 Å². The first kappa shape index (κ1) is 20.4. The molecule has 0 saturated heterocycles. The van der Waals surface area contributed by atoms with Crippen LogP contribution in [0.25, 0.3) is 33.3 Å². The number of fused-ring (bicyclic) bond motifs is 3. The van der Waals surface area contributed by atoms with Gasteiger partial charge in [0.25, 0.3) is 0 Å². The number of benzene rings is 2. The predicted molar refractivity (Wildman–Crippen MR) is 130 cm³/mol. The van der Waals surface area contributed by atoms with E-state index in [9.17, 15) is 0 Å². The Hall–Kier alpha value is -3.23. The zero-order valence-electron chi connectivity index (χ0n) is 17.8. The summed E-state index contributed by atoms with van der Waals surface area (Å²) < 4.78 is 2.16. The molecular formula is C23H20Cl2N8. The molecule has 0 radical (unpaired) electrons. The van der Waals surface area contributed by atoms with Crippen LogP contribution in [0.1, 0.15) is 37.5 Å². The van der Waals surface area contributed by atoms with E-state index < -0.39 is 0 Å². The van der Waals surface area contributed by atoms with Crippen LogP contribution < -0.4 is 5.32 Å². The Balaban J connectivity index is 1.36. The number of anilines is 1. The molecule has 5 aromatic rings. The van der Waals surface area contributed by atoms with Gasteiger partial charge in [-0.2, -0.15) is 0 Å². The molecule has 0 fully saturated rings. The van der Waals surface area contributed by atoms with E-state index in [0.717, 1.165) is 70.8 Å². The van der Waals surface area contributed by atoms with Gasteiger partial charge in [-0.15, -0.1) is 10.2 Å². The van der Waals surface area contributed by atoms with E-state index in [4.69, 9.17) is 23.2 Å². The van der Waals surface area contributed by atoms with Gasteiger partial charge >= 0.3 is 0 Å². The lowest BCUT2D eigenvalue weighted by Crippen LogP contribution is -2.12. The molecule has 0 spiro atoms. The number of halogens is 2. The summed E-state index contributed by atoms with van der Waals surface area (Å²) in [6, 6.07) is 9.33. The molecule has 33 heavy (non-hydrogen) atoms. The smallest absolute Gasteiger partial charge is 0.165 e. The van der Waals surface area contributed by atoms with E-state index in [-0.39, 0.29) is 6.04 Å². The average molecular weight is 479 g/mol. The van der Waals surface area contributed by atoms with Crippen LogP contribution in [0, 0.1) is 0 Å². The average Bonchev–Trinajstić information content (AvgIpc) is 3.43. The molecule has 0 aliphatic carbocycles. The maximum absolute atomic E-state index is 6.74. The lowest BCUT2D eigenvalue weighted by atomic mass is 10.1. The number of H-pyrrole nitrogens is 1. The Kier molecular flexibility index (Phi) is 4.92. The van der Waals surface area contributed by atoms with Crippen LogP contribution >= 0.6 is 23.2 Å². The van der Waals surface area contributed by atoms with Crippen LogP contribution in [0.5, 0.6) is 0 Å². The van der Waals surface area contributed by atoms with Crippen molar-refractivity contribution >= 4 is 51.0 Å². The highest BCUT2D eigenvalue weighted by atomic mass is 35.5. The largest absolute Gasteiger partial charge is 0.360 e. The third kappa shape index (κ3) is 3.59. The molecule has 0 saturated carbocycles. The minimum Gasteiger partial charge on any atom is -0.360 e. The second kappa shape index (κ2) is 7.97. The van der Waals surface area contributed by atoms with Crippen LogP contribution in [0.2, 0.25) is 10.0 Å². The topological polar surface area (TPSA) is 97.2 Å². The number of hydrogen-bond acceptors (Lipinski definition) is 6. The lowest BCUT2D eigenvalue weighted by Gasteiger charge is -2.16. The van der Waals surface area contributed by atoms with E-state index in [1.54, 1.807) is 6.33 Å². The van der Waals surface area contributed by atoms with Gasteiger partial charge in [0.1, 0.15) is 23.8 Å². The normalized spacial score (nSPS) is 14.5. The molecule has 6 rings (SSSR count). The number of aryl methyl sites for hydroxylation is 1. The van der Waals surface area contributed by atoms with Crippen molar-refractivity contribution in [2.24, 2.45) is 0 Å². The van der Waals surface area contributed by atoms with Crippen LogP contribution in [-0.2, 0) is 13.0 Å². The van der Waals surface area contributed by atoms with E-state index >= 15 is 0 Å². The Morgan fingerprint density at radius 1 is 1.06 bits per heavy atom. The monoisotopic (exact) mass is 478 g/mol. The highest BCUT2D eigenvalue weighted by molar-refractivity contribution is 6.34. The Bertz CT molecular complexity index is 1510. The molecule has 0 bridgehead atoms. The van der Waals surface area contributed by atoms with Crippen molar-refractivity contribution in [3.63, 3.8) is 0 Å². The number of aromatic nitrogens is 7. The van der Waals surface area contributed by atoms with Gasteiger partial charge in [-0.3, -0.25) is 0 Å². The maximum Gasteiger partial charge on any atom is 0.165 e. The van der Waals surface area contributed by atoms with Crippen LogP contribution in [-0.4, -0.2) is 34.7 Å². The van der Waals surface area contributed by atoms with Crippen molar-refractivity contribution in [1.82, 2.24) is 34.7 Å². The minimum atomic E-state index is -0.128. The van der Waals surface area contributed by atoms with Crippen molar-refractivity contribution in [3.8, 4) is 11.4 Å². The molecule has 4 heterocycles.